The van der Waals surface area contributed by atoms with E-state index in [1.54, 1.807) is 10.4 Å². The average molecular weight is 270 g/mol. The minimum Gasteiger partial charge on any atom is -0.382 e. The molecular formula is C11H18N4O2S. The van der Waals surface area contributed by atoms with Gasteiger partial charge in [-0.25, -0.2) is 12.7 Å². The Balaban J connectivity index is 2.00. The van der Waals surface area contributed by atoms with Crippen molar-refractivity contribution in [2.45, 2.75) is 19.3 Å². The average Bonchev–Trinajstić information content (AvgIpc) is 2.31. The lowest BCUT2D eigenvalue weighted by Crippen LogP contribution is -2.39. The maximum absolute atomic E-state index is 11.5. The van der Waals surface area contributed by atoms with E-state index in [1.165, 1.54) is 6.26 Å². The summed E-state index contributed by atoms with van der Waals surface area (Å²) >= 11 is 0. The summed E-state index contributed by atoms with van der Waals surface area (Å²) in [6, 6.07) is 3.57. The molecule has 6 nitrogen and oxygen atoms in total. The van der Waals surface area contributed by atoms with E-state index >= 15 is 0 Å². The van der Waals surface area contributed by atoms with E-state index < -0.39 is 10.0 Å². The van der Waals surface area contributed by atoms with Gasteiger partial charge < -0.3 is 5.73 Å². The van der Waals surface area contributed by atoms with Crippen LogP contribution in [0.25, 0.3) is 0 Å². The van der Waals surface area contributed by atoms with Gasteiger partial charge in [-0.3, -0.25) is 0 Å². The van der Waals surface area contributed by atoms with E-state index in [2.05, 4.69) is 10.2 Å². The number of piperidine rings is 1. The van der Waals surface area contributed by atoms with Gasteiger partial charge in [0.05, 0.1) is 11.9 Å². The molecule has 1 aliphatic rings. The van der Waals surface area contributed by atoms with Crippen molar-refractivity contribution in [2.24, 2.45) is 5.92 Å². The van der Waals surface area contributed by atoms with E-state index in [9.17, 15) is 8.42 Å². The van der Waals surface area contributed by atoms with Crippen molar-refractivity contribution in [3.05, 3.63) is 17.8 Å². The second-order valence-electron chi connectivity index (χ2n) is 4.78. The fourth-order valence-electron chi connectivity index (χ4n) is 2.27. The Kier molecular flexibility index (Phi) is 3.82. The number of hydrogen-bond donors (Lipinski definition) is 1. The number of nitrogens with two attached hydrogens (primary N) is 1. The number of nitrogens with zero attached hydrogens (tertiary/aromatic N) is 3. The lowest BCUT2D eigenvalue weighted by atomic mass is 9.94. The first kappa shape index (κ1) is 13.2. The lowest BCUT2D eigenvalue weighted by Gasteiger charge is -2.30. The SMILES string of the molecule is CS(=O)(=O)N1CCCC(Cc2ccc(N)nn2)C1. The maximum Gasteiger partial charge on any atom is 0.211 e. The molecular weight excluding hydrogens is 252 g/mol. The van der Waals surface area contributed by atoms with Gasteiger partial charge in [-0.05, 0) is 37.3 Å². The standard InChI is InChI=1S/C11H18N4O2S/c1-18(16,17)15-6-2-3-9(8-15)7-10-4-5-11(12)14-13-10/h4-5,9H,2-3,6-8H2,1H3,(H2,12,14). The molecule has 18 heavy (non-hydrogen) atoms. The lowest BCUT2D eigenvalue weighted by molar-refractivity contribution is 0.265. The highest BCUT2D eigenvalue weighted by Gasteiger charge is 2.26. The molecule has 1 aromatic heterocycles. The van der Waals surface area contributed by atoms with Gasteiger partial charge in [0.15, 0.2) is 0 Å². The Morgan fingerprint density at radius 1 is 1.44 bits per heavy atom. The Bertz CT molecular complexity index is 500. The first-order valence-corrected chi connectivity index (χ1v) is 7.83. The molecule has 2 rings (SSSR count). The molecule has 100 valence electrons. The van der Waals surface area contributed by atoms with Crippen molar-refractivity contribution >= 4 is 15.8 Å². The van der Waals surface area contributed by atoms with Crippen LogP contribution in [-0.2, 0) is 16.4 Å². The molecule has 1 saturated heterocycles. The van der Waals surface area contributed by atoms with Crippen molar-refractivity contribution in [1.29, 1.82) is 0 Å². The van der Waals surface area contributed by atoms with E-state index in [0.29, 0.717) is 24.8 Å². The zero-order valence-corrected chi connectivity index (χ0v) is 11.2. The number of anilines is 1. The normalized spacial score (nSPS) is 21.9. The summed E-state index contributed by atoms with van der Waals surface area (Å²) in [5.41, 5.74) is 6.34. The zero-order valence-electron chi connectivity index (χ0n) is 10.4. The van der Waals surface area contributed by atoms with Gasteiger partial charge in [0, 0.05) is 13.1 Å². The second-order valence-corrected chi connectivity index (χ2v) is 6.77. The van der Waals surface area contributed by atoms with Crippen LogP contribution in [0.5, 0.6) is 0 Å². The third kappa shape index (κ3) is 3.39. The molecule has 1 aromatic rings. The van der Waals surface area contributed by atoms with Gasteiger partial charge in [-0.1, -0.05) is 0 Å². The molecule has 0 amide bonds. The van der Waals surface area contributed by atoms with Crippen LogP contribution in [0.2, 0.25) is 0 Å². The highest BCUT2D eigenvalue weighted by molar-refractivity contribution is 7.88. The smallest absolute Gasteiger partial charge is 0.211 e. The zero-order chi connectivity index (χ0) is 13.2. The molecule has 0 bridgehead atoms. The van der Waals surface area contributed by atoms with Crippen LogP contribution in [0.4, 0.5) is 5.82 Å². The Hall–Kier alpha value is -1.21. The Morgan fingerprint density at radius 2 is 2.22 bits per heavy atom. The summed E-state index contributed by atoms with van der Waals surface area (Å²) in [5, 5.41) is 7.82. The van der Waals surface area contributed by atoms with Gasteiger partial charge >= 0.3 is 0 Å². The summed E-state index contributed by atoms with van der Waals surface area (Å²) in [6.45, 7) is 1.20. The highest BCUT2D eigenvalue weighted by atomic mass is 32.2. The molecule has 0 spiro atoms. The van der Waals surface area contributed by atoms with Gasteiger partial charge in [-0.2, -0.15) is 5.10 Å². The summed E-state index contributed by atoms with van der Waals surface area (Å²) in [7, 11) is -3.08. The first-order valence-electron chi connectivity index (χ1n) is 5.98. The summed E-state index contributed by atoms with van der Waals surface area (Å²) in [5.74, 6) is 0.714. The van der Waals surface area contributed by atoms with E-state index in [4.69, 9.17) is 5.73 Å². The molecule has 1 aliphatic heterocycles. The van der Waals surface area contributed by atoms with Crippen LogP contribution >= 0.6 is 0 Å². The van der Waals surface area contributed by atoms with Crippen LogP contribution in [0.1, 0.15) is 18.5 Å². The topological polar surface area (TPSA) is 89.2 Å². The van der Waals surface area contributed by atoms with Crippen LogP contribution in [0.3, 0.4) is 0 Å². The minimum absolute atomic E-state index is 0.311. The molecule has 1 atom stereocenters. The summed E-state index contributed by atoms with van der Waals surface area (Å²) < 4.78 is 24.6. The Labute approximate surface area is 107 Å². The molecule has 1 fully saturated rings. The van der Waals surface area contributed by atoms with Crippen LogP contribution in [0.15, 0.2) is 12.1 Å². The first-order chi connectivity index (χ1) is 8.45. The second kappa shape index (κ2) is 5.19. The van der Waals surface area contributed by atoms with Crippen molar-refractivity contribution in [2.75, 3.05) is 25.1 Å². The molecule has 2 N–H and O–H groups in total. The molecule has 0 aliphatic carbocycles. The largest absolute Gasteiger partial charge is 0.382 e. The molecule has 1 unspecified atom stereocenters. The van der Waals surface area contributed by atoms with Crippen molar-refractivity contribution < 1.29 is 8.42 Å². The quantitative estimate of drug-likeness (QED) is 0.851. The maximum atomic E-state index is 11.5. The van der Waals surface area contributed by atoms with Gasteiger partial charge in [-0.15, -0.1) is 5.10 Å². The Morgan fingerprint density at radius 3 is 2.83 bits per heavy atom. The fraction of sp³-hybridized carbons (Fsp3) is 0.636. The number of rotatable bonds is 3. The van der Waals surface area contributed by atoms with Gasteiger partial charge in [0.1, 0.15) is 5.82 Å². The van der Waals surface area contributed by atoms with Crippen molar-refractivity contribution in [1.82, 2.24) is 14.5 Å². The van der Waals surface area contributed by atoms with E-state index in [-0.39, 0.29) is 0 Å². The van der Waals surface area contributed by atoms with Crippen molar-refractivity contribution in [3.63, 3.8) is 0 Å². The van der Waals surface area contributed by atoms with Gasteiger partial charge in [0.2, 0.25) is 10.0 Å². The fourth-order valence-corrected chi connectivity index (χ4v) is 3.21. The highest BCUT2D eigenvalue weighted by Crippen LogP contribution is 2.21. The number of aromatic nitrogens is 2. The van der Waals surface area contributed by atoms with Crippen LogP contribution < -0.4 is 5.73 Å². The molecule has 0 saturated carbocycles. The molecule has 0 aromatic carbocycles. The minimum atomic E-state index is -3.08. The summed E-state index contributed by atoms with van der Waals surface area (Å²) in [6.07, 6.45) is 3.94. The predicted molar refractivity (Wildman–Crippen MR) is 69.3 cm³/mol. The number of sulfonamides is 1. The van der Waals surface area contributed by atoms with E-state index in [0.717, 1.165) is 25.0 Å². The van der Waals surface area contributed by atoms with Crippen LogP contribution in [0, 0.1) is 5.92 Å². The summed E-state index contributed by atoms with van der Waals surface area (Å²) in [4.78, 5) is 0. The molecule has 0 radical (unpaired) electrons. The molecule has 7 heteroatoms. The third-order valence-corrected chi connectivity index (χ3v) is 4.46. The van der Waals surface area contributed by atoms with Crippen molar-refractivity contribution in [3.8, 4) is 0 Å². The van der Waals surface area contributed by atoms with Gasteiger partial charge in [0.25, 0.3) is 0 Å². The number of nitrogen functional groups attached to an aromatic ring is 1. The predicted octanol–water partition coefficient (Wildman–Crippen LogP) is 0.273. The van der Waals surface area contributed by atoms with E-state index in [1.807, 2.05) is 6.07 Å². The monoisotopic (exact) mass is 270 g/mol. The molecule has 2 heterocycles. The third-order valence-electron chi connectivity index (χ3n) is 3.19. The van der Waals surface area contributed by atoms with Crippen LogP contribution in [-0.4, -0.2) is 42.3 Å². The number of hydrogen-bond acceptors (Lipinski definition) is 5.